The molecule has 0 unspecified atom stereocenters. The average Bonchev–Trinajstić information content (AvgIpc) is 2.60. The Balaban J connectivity index is 2.40. The lowest BCUT2D eigenvalue weighted by Crippen LogP contribution is -2.24. The molecule has 17 heavy (non-hydrogen) atoms. The van der Waals surface area contributed by atoms with Crippen LogP contribution in [-0.2, 0) is 4.74 Å². The zero-order valence-corrected chi connectivity index (χ0v) is 10.2. The first-order valence-electron chi connectivity index (χ1n) is 5.47. The molecule has 0 saturated carbocycles. The number of anilines is 1. The largest absolute Gasteiger partial charge is 0.456 e. The molecule has 0 bridgehead atoms. The van der Waals surface area contributed by atoms with Crippen molar-refractivity contribution in [2.75, 3.05) is 5.73 Å². The molecule has 0 aliphatic carbocycles. The number of nitrogens with one attached hydrogen (secondary N) is 1. The predicted molar refractivity (Wildman–Crippen MR) is 67.9 cm³/mol. The van der Waals surface area contributed by atoms with E-state index in [4.69, 9.17) is 10.5 Å². The molecular formula is C13H16N2O2. The van der Waals surface area contributed by atoms with Crippen LogP contribution in [0.4, 0.5) is 5.69 Å². The van der Waals surface area contributed by atoms with Gasteiger partial charge < -0.3 is 15.5 Å². The molecule has 0 spiro atoms. The van der Waals surface area contributed by atoms with E-state index in [9.17, 15) is 4.79 Å². The van der Waals surface area contributed by atoms with Gasteiger partial charge in [0.05, 0.1) is 5.56 Å². The van der Waals surface area contributed by atoms with Crippen molar-refractivity contribution in [3.05, 3.63) is 30.0 Å². The summed E-state index contributed by atoms with van der Waals surface area (Å²) in [7, 11) is 0. The number of hydrogen-bond acceptors (Lipinski definition) is 3. The molecule has 90 valence electrons. The maximum absolute atomic E-state index is 11.9. The van der Waals surface area contributed by atoms with Crippen molar-refractivity contribution in [2.45, 2.75) is 26.4 Å². The number of aromatic nitrogens is 1. The summed E-state index contributed by atoms with van der Waals surface area (Å²) in [5.41, 5.74) is 7.04. The van der Waals surface area contributed by atoms with E-state index < -0.39 is 11.6 Å². The zero-order valence-electron chi connectivity index (χ0n) is 10.2. The fourth-order valence-electron chi connectivity index (χ4n) is 1.63. The first-order valence-corrected chi connectivity index (χ1v) is 5.47. The van der Waals surface area contributed by atoms with Gasteiger partial charge in [0.2, 0.25) is 0 Å². The molecule has 3 N–H and O–H groups in total. The molecule has 0 atom stereocenters. The lowest BCUT2D eigenvalue weighted by molar-refractivity contribution is 0.00710. The number of benzene rings is 1. The Morgan fingerprint density at radius 3 is 2.71 bits per heavy atom. The summed E-state index contributed by atoms with van der Waals surface area (Å²) in [6.07, 6.45) is 1.81. The van der Waals surface area contributed by atoms with E-state index in [2.05, 4.69) is 4.98 Å². The number of H-pyrrole nitrogens is 1. The van der Waals surface area contributed by atoms with Crippen LogP contribution in [0.2, 0.25) is 0 Å². The summed E-state index contributed by atoms with van der Waals surface area (Å²) < 4.78 is 5.30. The van der Waals surface area contributed by atoms with Crippen molar-refractivity contribution in [1.82, 2.24) is 4.98 Å². The monoisotopic (exact) mass is 232 g/mol. The van der Waals surface area contributed by atoms with Gasteiger partial charge in [-0.1, -0.05) is 0 Å². The van der Waals surface area contributed by atoms with Crippen LogP contribution in [0.1, 0.15) is 31.1 Å². The van der Waals surface area contributed by atoms with Crippen molar-refractivity contribution in [3.63, 3.8) is 0 Å². The normalized spacial score (nSPS) is 11.7. The fourth-order valence-corrected chi connectivity index (χ4v) is 1.63. The molecule has 0 fully saturated rings. The summed E-state index contributed by atoms with van der Waals surface area (Å²) >= 11 is 0. The smallest absolute Gasteiger partial charge is 0.340 e. The van der Waals surface area contributed by atoms with Crippen molar-refractivity contribution in [3.8, 4) is 0 Å². The minimum atomic E-state index is -0.520. The zero-order chi connectivity index (χ0) is 12.6. The van der Waals surface area contributed by atoms with Crippen molar-refractivity contribution >= 4 is 22.6 Å². The molecule has 4 nitrogen and oxygen atoms in total. The van der Waals surface area contributed by atoms with Gasteiger partial charge in [-0.05, 0) is 39.0 Å². The highest BCUT2D eigenvalue weighted by Gasteiger charge is 2.20. The van der Waals surface area contributed by atoms with Crippen LogP contribution in [0.15, 0.2) is 24.4 Å². The number of nitrogen functional groups attached to an aromatic ring is 1. The quantitative estimate of drug-likeness (QED) is 0.586. The van der Waals surface area contributed by atoms with Crippen molar-refractivity contribution in [1.29, 1.82) is 0 Å². The number of nitrogens with two attached hydrogens (primary N) is 1. The van der Waals surface area contributed by atoms with E-state index in [1.54, 1.807) is 12.1 Å². The minimum Gasteiger partial charge on any atom is -0.456 e. The number of hydrogen-bond donors (Lipinski definition) is 2. The molecule has 1 aromatic carbocycles. The second-order valence-electron chi connectivity index (χ2n) is 5.01. The van der Waals surface area contributed by atoms with Crippen LogP contribution in [0.25, 0.3) is 10.9 Å². The average molecular weight is 232 g/mol. The van der Waals surface area contributed by atoms with Gasteiger partial charge in [-0.3, -0.25) is 0 Å². The summed E-state index contributed by atoms with van der Waals surface area (Å²) in [5, 5.41) is 0.981. The van der Waals surface area contributed by atoms with Gasteiger partial charge in [0.25, 0.3) is 0 Å². The molecule has 0 aliphatic heterocycles. The van der Waals surface area contributed by atoms with Gasteiger partial charge in [-0.15, -0.1) is 0 Å². The molecule has 0 aliphatic rings. The lowest BCUT2D eigenvalue weighted by atomic mass is 10.1. The molecule has 1 heterocycles. The molecule has 1 aromatic heterocycles. The Labute approximate surface area is 99.8 Å². The maximum atomic E-state index is 11.9. The van der Waals surface area contributed by atoms with Gasteiger partial charge >= 0.3 is 5.97 Å². The maximum Gasteiger partial charge on any atom is 0.340 e. The Kier molecular flexibility index (Phi) is 2.58. The highest BCUT2D eigenvalue weighted by atomic mass is 16.6. The van der Waals surface area contributed by atoms with Crippen LogP contribution >= 0.6 is 0 Å². The molecule has 4 heteroatoms. The highest BCUT2D eigenvalue weighted by molar-refractivity contribution is 6.00. The van der Waals surface area contributed by atoms with Crippen molar-refractivity contribution < 1.29 is 9.53 Å². The van der Waals surface area contributed by atoms with E-state index in [0.29, 0.717) is 11.3 Å². The summed E-state index contributed by atoms with van der Waals surface area (Å²) in [6, 6.07) is 5.40. The van der Waals surface area contributed by atoms with Crippen LogP contribution in [0, 0.1) is 0 Å². The number of carbonyl (C=O) groups excluding carboxylic acids is 1. The third-order valence-electron chi connectivity index (χ3n) is 2.34. The Hall–Kier alpha value is -1.97. The van der Waals surface area contributed by atoms with Gasteiger partial charge in [0.1, 0.15) is 5.60 Å². The first-order chi connectivity index (χ1) is 7.87. The molecule has 0 amide bonds. The number of rotatable bonds is 1. The van der Waals surface area contributed by atoms with E-state index in [1.807, 2.05) is 33.0 Å². The summed E-state index contributed by atoms with van der Waals surface area (Å²) in [6.45, 7) is 5.48. The molecule has 2 rings (SSSR count). The van der Waals surface area contributed by atoms with Crippen LogP contribution in [0.3, 0.4) is 0 Å². The van der Waals surface area contributed by atoms with Crippen molar-refractivity contribution in [2.24, 2.45) is 0 Å². The second-order valence-corrected chi connectivity index (χ2v) is 5.01. The molecular weight excluding hydrogens is 216 g/mol. The molecule has 0 radical (unpaired) electrons. The Morgan fingerprint density at radius 1 is 1.35 bits per heavy atom. The van der Waals surface area contributed by atoms with Crippen LogP contribution in [0.5, 0.6) is 0 Å². The highest BCUT2D eigenvalue weighted by Crippen LogP contribution is 2.23. The number of esters is 1. The van der Waals surface area contributed by atoms with E-state index in [0.717, 1.165) is 10.9 Å². The number of carbonyl (C=O) groups is 1. The van der Waals surface area contributed by atoms with Gasteiger partial charge in [-0.25, -0.2) is 4.79 Å². The first kappa shape index (κ1) is 11.5. The predicted octanol–water partition coefficient (Wildman–Crippen LogP) is 2.71. The third-order valence-corrected chi connectivity index (χ3v) is 2.34. The number of aromatic amines is 1. The fraction of sp³-hybridized carbons (Fsp3) is 0.308. The van der Waals surface area contributed by atoms with E-state index in [-0.39, 0.29) is 0 Å². The van der Waals surface area contributed by atoms with Gasteiger partial charge in [-0.2, -0.15) is 0 Å². The third kappa shape index (κ3) is 2.41. The number of ether oxygens (including phenoxy) is 1. The van der Waals surface area contributed by atoms with Crippen LogP contribution < -0.4 is 5.73 Å². The Bertz CT molecular complexity index is 564. The SMILES string of the molecule is CC(C)(C)OC(=O)c1cc2[nH]ccc2cc1N. The summed E-state index contributed by atoms with van der Waals surface area (Å²) in [5.74, 6) is -0.397. The van der Waals surface area contributed by atoms with E-state index >= 15 is 0 Å². The number of fused-ring (bicyclic) bond motifs is 1. The topological polar surface area (TPSA) is 68.1 Å². The van der Waals surface area contributed by atoms with Crippen LogP contribution in [-0.4, -0.2) is 16.6 Å². The minimum absolute atomic E-state index is 0.397. The van der Waals surface area contributed by atoms with Gasteiger partial charge in [0.15, 0.2) is 0 Å². The Morgan fingerprint density at radius 2 is 2.06 bits per heavy atom. The molecule has 0 saturated heterocycles. The summed E-state index contributed by atoms with van der Waals surface area (Å²) in [4.78, 5) is 15.0. The lowest BCUT2D eigenvalue weighted by Gasteiger charge is -2.20. The molecule has 2 aromatic rings. The van der Waals surface area contributed by atoms with E-state index in [1.165, 1.54) is 0 Å². The van der Waals surface area contributed by atoms with Gasteiger partial charge in [0, 0.05) is 22.8 Å². The second kappa shape index (κ2) is 3.80. The standard InChI is InChI=1S/C13H16N2O2/c1-13(2,3)17-12(16)9-7-11-8(4-5-15-11)6-10(9)14/h4-7,15H,14H2,1-3H3.